The Kier molecular flexibility index (Phi) is 4.47. The molecule has 1 aliphatic heterocycles. The summed E-state index contributed by atoms with van der Waals surface area (Å²) >= 11 is 1.33. The van der Waals surface area contributed by atoms with E-state index in [9.17, 15) is 14.4 Å². The van der Waals surface area contributed by atoms with Gasteiger partial charge in [-0.15, -0.1) is 0 Å². The average molecular weight is 424 g/mol. The van der Waals surface area contributed by atoms with Gasteiger partial charge in [-0.2, -0.15) is 0 Å². The number of benzene rings is 1. The number of rotatable bonds is 4. The Morgan fingerprint density at radius 1 is 1.20 bits per heavy atom. The molecular weight excluding hydrogens is 408 g/mol. The second kappa shape index (κ2) is 7.30. The summed E-state index contributed by atoms with van der Waals surface area (Å²) in [5.41, 5.74) is 1.91. The molecule has 0 aliphatic carbocycles. The summed E-state index contributed by atoms with van der Waals surface area (Å²) in [6.07, 6.45) is 2.01. The highest BCUT2D eigenvalue weighted by Crippen LogP contribution is 2.29. The molecular formula is C20H16N4O5S. The third kappa shape index (κ3) is 3.30. The van der Waals surface area contributed by atoms with Crippen LogP contribution in [-0.4, -0.2) is 32.8 Å². The van der Waals surface area contributed by atoms with Crippen LogP contribution < -0.4 is 11.1 Å². The Bertz CT molecular complexity index is 1300. The molecule has 1 aromatic carbocycles. The standard InChI is InChI=1S/C20H16N4O5S/c25-17(11-24-13-4-1-2-5-14(13)29-20(24)27)23-8-7-12-16(10-23)30-19(21-12)22-18(26)15-6-3-9-28-15/h1-6,9H,7-8,10-11H2,(H,21,22,26). The number of nitrogens with zero attached hydrogens (tertiary/aromatic N) is 3. The molecule has 4 aromatic rings. The van der Waals surface area contributed by atoms with Gasteiger partial charge in [0.25, 0.3) is 5.91 Å². The van der Waals surface area contributed by atoms with E-state index in [4.69, 9.17) is 8.83 Å². The molecule has 5 rings (SSSR count). The number of carbonyl (C=O) groups excluding carboxylic acids is 2. The minimum absolute atomic E-state index is 0.0912. The predicted molar refractivity (Wildman–Crippen MR) is 108 cm³/mol. The van der Waals surface area contributed by atoms with Crippen LogP contribution in [0, 0.1) is 0 Å². The summed E-state index contributed by atoms with van der Waals surface area (Å²) in [5.74, 6) is -0.894. The quantitative estimate of drug-likeness (QED) is 0.539. The highest BCUT2D eigenvalue weighted by Gasteiger charge is 2.26. The van der Waals surface area contributed by atoms with Gasteiger partial charge < -0.3 is 13.7 Å². The molecule has 1 aliphatic rings. The summed E-state index contributed by atoms with van der Waals surface area (Å²) in [4.78, 5) is 44.2. The zero-order valence-electron chi connectivity index (χ0n) is 15.7. The molecule has 10 heteroatoms. The number of hydrogen-bond acceptors (Lipinski definition) is 7. The summed E-state index contributed by atoms with van der Waals surface area (Å²) in [6.45, 7) is 0.782. The van der Waals surface area contributed by atoms with E-state index < -0.39 is 5.76 Å². The smallest absolute Gasteiger partial charge is 0.420 e. The minimum Gasteiger partial charge on any atom is -0.459 e. The van der Waals surface area contributed by atoms with Gasteiger partial charge in [0.15, 0.2) is 16.5 Å². The number of para-hydroxylation sites is 2. The third-order valence-corrected chi connectivity index (χ3v) is 5.91. The third-order valence-electron chi connectivity index (χ3n) is 4.92. The molecule has 30 heavy (non-hydrogen) atoms. The first-order valence-electron chi connectivity index (χ1n) is 9.28. The topological polar surface area (TPSA) is 111 Å². The number of anilines is 1. The Balaban J connectivity index is 1.30. The average Bonchev–Trinajstić information content (AvgIpc) is 3.46. The zero-order chi connectivity index (χ0) is 20.7. The maximum absolute atomic E-state index is 12.8. The Hall–Kier alpha value is -3.66. The van der Waals surface area contributed by atoms with Gasteiger partial charge in [0, 0.05) is 17.8 Å². The summed E-state index contributed by atoms with van der Waals surface area (Å²) in [7, 11) is 0. The van der Waals surface area contributed by atoms with Crippen LogP contribution in [0.3, 0.4) is 0 Å². The van der Waals surface area contributed by atoms with Crippen LogP contribution in [0.25, 0.3) is 11.1 Å². The number of oxazole rings is 1. The van der Waals surface area contributed by atoms with Crippen molar-refractivity contribution in [3.63, 3.8) is 0 Å². The fraction of sp³-hybridized carbons (Fsp3) is 0.200. The van der Waals surface area contributed by atoms with Crippen molar-refractivity contribution in [2.45, 2.75) is 19.5 Å². The van der Waals surface area contributed by atoms with Crippen molar-refractivity contribution in [3.8, 4) is 0 Å². The highest BCUT2D eigenvalue weighted by atomic mass is 32.1. The monoisotopic (exact) mass is 424 g/mol. The second-order valence-electron chi connectivity index (χ2n) is 6.81. The zero-order valence-corrected chi connectivity index (χ0v) is 16.5. The number of thiazole rings is 1. The Morgan fingerprint density at radius 2 is 2.07 bits per heavy atom. The molecule has 1 N–H and O–H groups in total. The molecule has 0 bridgehead atoms. The maximum Gasteiger partial charge on any atom is 0.420 e. The first-order chi connectivity index (χ1) is 14.6. The Morgan fingerprint density at radius 3 is 2.90 bits per heavy atom. The lowest BCUT2D eigenvalue weighted by Gasteiger charge is -2.26. The summed E-state index contributed by atoms with van der Waals surface area (Å²) in [5, 5.41) is 3.19. The SMILES string of the molecule is O=C(Nc1nc2c(s1)CN(C(=O)Cn1c(=O)oc3ccccc31)CC2)c1ccco1. The molecule has 0 unspecified atom stereocenters. The predicted octanol–water partition coefficient (Wildman–Crippen LogP) is 2.48. The molecule has 0 spiro atoms. The maximum atomic E-state index is 12.8. The van der Waals surface area contributed by atoms with Crippen LogP contribution in [-0.2, 0) is 24.3 Å². The van der Waals surface area contributed by atoms with Crippen molar-refractivity contribution in [3.05, 3.63) is 69.5 Å². The van der Waals surface area contributed by atoms with E-state index >= 15 is 0 Å². The number of aromatic nitrogens is 2. The van der Waals surface area contributed by atoms with Crippen molar-refractivity contribution < 1.29 is 18.4 Å². The van der Waals surface area contributed by atoms with E-state index in [1.807, 2.05) is 0 Å². The Labute approximate surface area is 173 Å². The summed E-state index contributed by atoms with van der Waals surface area (Å²) in [6, 6.07) is 10.2. The van der Waals surface area contributed by atoms with Crippen molar-refractivity contribution in [1.29, 1.82) is 0 Å². The number of fused-ring (bicyclic) bond motifs is 2. The molecule has 0 atom stereocenters. The molecule has 0 radical (unpaired) electrons. The van der Waals surface area contributed by atoms with Gasteiger partial charge in [-0.1, -0.05) is 23.5 Å². The molecule has 152 valence electrons. The lowest BCUT2D eigenvalue weighted by molar-refractivity contribution is -0.132. The van der Waals surface area contributed by atoms with Gasteiger partial charge in [-0.3, -0.25) is 19.5 Å². The van der Waals surface area contributed by atoms with Crippen LogP contribution in [0.4, 0.5) is 5.13 Å². The summed E-state index contributed by atoms with van der Waals surface area (Å²) < 4.78 is 11.6. The van der Waals surface area contributed by atoms with Crippen LogP contribution in [0.15, 0.2) is 56.3 Å². The van der Waals surface area contributed by atoms with Crippen LogP contribution in [0.2, 0.25) is 0 Å². The van der Waals surface area contributed by atoms with E-state index in [1.165, 1.54) is 22.2 Å². The van der Waals surface area contributed by atoms with Gasteiger partial charge in [0.05, 0.1) is 24.0 Å². The van der Waals surface area contributed by atoms with Gasteiger partial charge in [0.1, 0.15) is 6.54 Å². The lowest BCUT2D eigenvalue weighted by Crippen LogP contribution is -2.38. The number of amides is 2. The van der Waals surface area contributed by atoms with Crippen molar-refractivity contribution in [2.24, 2.45) is 0 Å². The van der Waals surface area contributed by atoms with E-state index in [-0.39, 0.29) is 24.1 Å². The second-order valence-corrected chi connectivity index (χ2v) is 7.89. The van der Waals surface area contributed by atoms with Gasteiger partial charge in [-0.05, 0) is 24.3 Å². The first kappa shape index (κ1) is 18.4. The molecule has 0 saturated carbocycles. The molecule has 0 fully saturated rings. The van der Waals surface area contributed by atoms with Gasteiger partial charge >= 0.3 is 5.76 Å². The molecule has 4 heterocycles. The molecule has 2 amide bonds. The first-order valence-corrected chi connectivity index (χ1v) is 10.1. The van der Waals surface area contributed by atoms with Crippen molar-refractivity contribution in [2.75, 3.05) is 11.9 Å². The van der Waals surface area contributed by atoms with Gasteiger partial charge in [-0.25, -0.2) is 9.78 Å². The lowest BCUT2D eigenvalue weighted by atomic mass is 10.2. The molecule has 9 nitrogen and oxygen atoms in total. The fourth-order valence-electron chi connectivity index (χ4n) is 3.43. The normalized spacial score (nSPS) is 13.4. The van der Waals surface area contributed by atoms with E-state index in [2.05, 4.69) is 10.3 Å². The molecule has 3 aromatic heterocycles. The van der Waals surface area contributed by atoms with Crippen molar-refractivity contribution in [1.82, 2.24) is 14.5 Å². The number of nitrogens with one attached hydrogen (secondary N) is 1. The highest BCUT2D eigenvalue weighted by molar-refractivity contribution is 7.15. The number of furan rings is 1. The van der Waals surface area contributed by atoms with Crippen LogP contribution in [0.5, 0.6) is 0 Å². The van der Waals surface area contributed by atoms with E-state index in [0.717, 1.165) is 10.6 Å². The number of carbonyl (C=O) groups is 2. The molecule has 0 saturated heterocycles. The van der Waals surface area contributed by atoms with Crippen LogP contribution in [0.1, 0.15) is 21.1 Å². The van der Waals surface area contributed by atoms with Gasteiger partial charge in [0.2, 0.25) is 5.91 Å². The largest absolute Gasteiger partial charge is 0.459 e. The number of hydrogen-bond donors (Lipinski definition) is 1. The van der Waals surface area contributed by atoms with Crippen molar-refractivity contribution >= 4 is 39.4 Å². The minimum atomic E-state index is -0.553. The fourth-order valence-corrected chi connectivity index (χ4v) is 4.45. The van der Waals surface area contributed by atoms with Crippen LogP contribution >= 0.6 is 11.3 Å². The van der Waals surface area contributed by atoms with E-state index in [1.54, 1.807) is 41.3 Å². The van der Waals surface area contributed by atoms with E-state index in [0.29, 0.717) is 35.7 Å².